The van der Waals surface area contributed by atoms with Gasteiger partial charge in [-0.2, -0.15) is 0 Å². The van der Waals surface area contributed by atoms with Gasteiger partial charge in [-0.25, -0.2) is 4.98 Å². The van der Waals surface area contributed by atoms with Gasteiger partial charge in [0, 0.05) is 12.1 Å². The molecule has 1 aromatic heterocycles. The van der Waals surface area contributed by atoms with Crippen molar-refractivity contribution >= 4 is 11.0 Å². The monoisotopic (exact) mass is 328 g/mol. The Labute approximate surface area is 145 Å². The molecule has 0 saturated carbocycles. The average molecular weight is 328 g/mol. The fraction of sp³-hybridized carbons (Fsp3) is 0.0952. The van der Waals surface area contributed by atoms with Gasteiger partial charge in [0.1, 0.15) is 5.82 Å². The summed E-state index contributed by atoms with van der Waals surface area (Å²) < 4.78 is 13.2. The first kappa shape index (κ1) is 14.1. The minimum atomic E-state index is 0.277. The van der Waals surface area contributed by atoms with E-state index in [-0.39, 0.29) is 6.79 Å². The number of fused-ring (bicyclic) bond motifs is 2. The summed E-state index contributed by atoms with van der Waals surface area (Å²) >= 11 is 0. The van der Waals surface area contributed by atoms with Crippen LogP contribution in [0.5, 0.6) is 11.5 Å². The van der Waals surface area contributed by atoms with Crippen LogP contribution in [0.15, 0.2) is 72.8 Å². The molecule has 122 valence electrons. The predicted molar refractivity (Wildman–Crippen MR) is 96.8 cm³/mol. The van der Waals surface area contributed by atoms with Crippen LogP contribution in [-0.2, 0) is 6.54 Å². The van der Waals surface area contributed by atoms with Gasteiger partial charge in [0.2, 0.25) is 6.79 Å². The number of hydrogen-bond donors (Lipinski definition) is 0. The Bertz CT molecular complexity index is 1050. The highest BCUT2D eigenvalue weighted by molar-refractivity contribution is 5.81. The first-order chi connectivity index (χ1) is 12.4. The molecule has 4 heteroatoms. The summed E-state index contributed by atoms with van der Waals surface area (Å²) in [5, 5.41) is 0. The Morgan fingerprint density at radius 3 is 2.56 bits per heavy atom. The zero-order valence-corrected chi connectivity index (χ0v) is 13.6. The minimum absolute atomic E-state index is 0.277. The Kier molecular flexibility index (Phi) is 3.20. The van der Waals surface area contributed by atoms with E-state index >= 15 is 0 Å². The van der Waals surface area contributed by atoms with Gasteiger partial charge in [-0.3, -0.25) is 0 Å². The summed E-state index contributed by atoms with van der Waals surface area (Å²) in [5.41, 5.74) is 4.38. The van der Waals surface area contributed by atoms with Gasteiger partial charge in [-0.1, -0.05) is 42.5 Å². The lowest BCUT2D eigenvalue weighted by molar-refractivity contribution is 0.174. The zero-order chi connectivity index (χ0) is 16.6. The molecular formula is C21H16N2O2. The van der Waals surface area contributed by atoms with Crippen molar-refractivity contribution in [3.05, 3.63) is 78.4 Å². The number of benzene rings is 3. The van der Waals surface area contributed by atoms with Crippen LogP contribution in [0.3, 0.4) is 0 Å². The molecule has 2 heterocycles. The average Bonchev–Trinajstić information content (AvgIpc) is 3.27. The maximum Gasteiger partial charge on any atom is 0.231 e. The summed E-state index contributed by atoms with van der Waals surface area (Å²) in [6, 6.07) is 24.7. The van der Waals surface area contributed by atoms with Crippen LogP contribution in [-0.4, -0.2) is 16.3 Å². The summed E-state index contributed by atoms with van der Waals surface area (Å²) in [7, 11) is 0. The minimum Gasteiger partial charge on any atom is -0.454 e. The van der Waals surface area contributed by atoms with Crippen molar-refractivity contribution in [2.24, 2.45) is 0 Å². The number of ether oxygens (including phenoxy) is 2. The van der Waals surface area contributed by atoms with E-state index in [2.05, 4.69) is 41.0 Å². The Morgan fingerprint density at radius 1 is 0.840 bits per heavy atom. The lowest BCUT2D eigenvalue weighted by Gasteiger charge is -2.10. The number of para-hydroxylation sites is 2. The highest BCUT2D eigenvalue weighted by Gasteiger charge is 2.18. The molecule has 1 aliphatic rings. The number of imidazole rings is 1. The van der Waals surface area contributed by atoms with E-state index in [1.165, 1.54) is 5.56 Å². The molecule has 0 bridgehead atoms. The van der Waals surface area contributed by atoms with Crippen LogP contribution in [0.25, 0.3) is 22.4 Å². The van der Waals surface area contributed by atoms with Gasteiger partial charge in [0.15, 0.2) is 11.5 Å². The molecule has 0 spiro atoms. The van der Waals surface area contributed by atoms with Crippen LogP contribution in [0.4, 0.5) is 0 Å². The quantitative estimate of drug-likeness (QED) is 0.556. The van der Waals surface area contributed by atoms with Crippen LogP contribution >= 0.6 is 0 Å². The van der Waals surface area contributed by atoms with Crippen LogP contribution in [0.2, 0.25) is 0 Å². The van der Waals surface area contributed by atoms with E-state index in [0.29, 0.717) is 0 Å². The molecule has 0 fully saturated rings. The van der Waals surface area contributed by atoms with E-state index in [1.807, 2.05) is 36.4 Å². The first-order valence-electron chi connectivity index (χ1n) is 8.28. The van der Waals surface area contributed by atoms with Gasteiger partial charge in [-0.05, 0) is 35.9 Å². The normalized spacial score (nSPS) is 12.6. The number of rotatable bonds is 3. The zero-order valence-electron chi connectivity index (χ0n) is 13.6. The third-order valence-corrected chi connectivity index (χ3v) is 4.47. The molecule has 4 nitrogen and oxygen atoms in total. The maximum atomic E-state index is 5.53. The van der Waals surface area contributed by atoms with Gasteiger partial charge in [0.25, 0.3) is 0 Å². The smallest absolute Gasteiger partial charge is 0.231 e. The van der Waals surface area contributed by atoms with Crippen molar-refractivity contribution in [1.29, 1.82) is 0 Å². The molecule has 0 atom stereocenters. The van der Waals surface area contributed by atoms with Crippen LogP contribution in [0, 0.1) is 0 Å². The molecule has 5 rings (SSSR count). The second-order valence-electron chi connectivity index (χ2n) is 6.06. The van der Waals surface area contributed by atoms with Crippen molar-refractivity contribution < 1.29 is 9.47 Å². The summed E-state index contributed by atoms with van der Waals surface area (Å²) in [6.45, 7) is 1.05. The van der Waals surface area contributed by atoms with E-state index in [4.69, 9.17) is 14.5 Å². The summed E-state index contributed by atoms with van der Waals surface area (Å²) in [6.07, 6.45) is 0. The fourth-order valence-corrected chi connectivity index (χ4v) is 3.26. The first-order valence-corrected chi connectivity index (χ1v) is 8.28. The van der Waals surface area contributed by atoms with Crippen molar-refractivity contribution in [1.82, 2.24) is 9.55 Å². The molecule has 3 aromatic carbocycles. The SMILES string of the molecule is c1ccc(Cn2c(-c3ccc4c(c3)OCO4)nc3ccccc32)cc1. The molecule has 1 aliphatic heterocycles. The van der Waals surface area contributed by atoms with E-state index < -0.39 is 0 Å². The second kappa shape index (κ2) is 5.67. The Balaban J connectivity index is 1.68. The summed E-state index contributed by atoms with van der Waals surface area (Å²) in [5.74, 6) is 2.49. The molecule has 25 heavy (non-hydrogen) atoms. The molecule has 4 aromatic rings. The second-order valence-corrected chi connectivity index (χ2v) is 6.06. The Hall–Kier alpha value is -3.27. The van der Waals surface area contributed by atoms with E-state index in [1.54, 1.807) is 0 Å². The fourth-order valence-electron chi connectivity index (χ4n) is 3.26. The highest BCUT2D eigenvalue weighted by Crippen LogP contribution is 2.36. The third kappa shape index (κ3) is 2.43. The maximum absolute atomic E-state index is 5.53. The number of aromatic nitrogens is 2. The van der Waals surface area contributed by atoms with Crippen LogP contribution in [0.1, 0.15) is 5.56 Å². The van der Waals surface area contributed by atoms with Gasteiger partial charge in [0.05, 0.1) is 11.0 Å². The van der Waals surface area contributed by atoms with Gasteiger partial charge in [-0.15, -0.1) is 0 Å². The number of hydrogen-bond acceptors (Lipinski definition) is 3. The lowest BCUT2D eigenvalue weighted by atomic mass is 10.1. The van der Waals surface area contributed by atoms with E-state index in [9.17, 15) is 0 Å². The lowest BCUT2D eigenvalue weighted by Crippen LogP contribution is -2.02. The number of nitrogens with zero attached hydrogens (tertiary/aromatic N) is 2. The molecular weight excluding hydrogens is 312 g/mol. The van der Waals surface area contributed by atoms with E-state index in [0.717, 1.165) is 40.5 Å². The molecule has 0 N–H and O–H groups in total. The van der Waals surface area contributed by atoms with Crippen LogP contribution < -0.4 is 9.47 Å². The predicted octanol–water partition coefficient (Wildman–Crippen LogP) is 4.48. The largest absolute Gasteiger partial charge is 0.454 e. The molecule has 0 saturated heterocycles. The van der Waals surface area contributed by atoms with Gasteiger partial charge < -0.3 is 14.0 Å². The molecule has 0 amide bonds. The Morgan fingerprint density at radius 2 is 1.64 bits per heavy atom. The molecule has 0 aliphatic carbocycles. The van der Waals surface area contributed by atoms with Crippen molar-refractivity contribution in [3.8, 4) is 22.9 Å². The van der Waals surface area contributed by atoms with Crippen molar-refractivity contribution in [2.75, 3.05) is 6.79 Å². The van der Waals surface area contributed by atoms with Crippen molar-refractivity contribution in [3.63, 3.8) is 0 Å². The van der Waals surface area contributed by atoms with Gasteiger partial charge >= 0.3 is 0 Å². The summed E-state index contributed by atoms with van der Waals surface area (Å²) in [4.78, 5) is 4.87. The third-order valence-electron chi connectivity index (χ3n) is 4.47. The topological polar surface area (TPSA) is 36.3 Å². The molecule has 0 unspecified atom stereocenters. The standard InChI is InChI=1S/C21H16N2O2/c1-2-6-15(7-3-1)13-23-18-9-5-4-8-17(18)22-21(23)16-10-11-19-20(12-16)25-14-24-19/h1-12H,13-14H2. The van der Waals surface area contributed by atoms with Crippen molar-refractivity contribution in [2.45, 2.75) is 6.54 Å². The molecule has 0 radical (unpaired) electrons. The highest BCUT2D eigenvalue weighted by atomic mass is 16.7.